The van der Waals surface area contributed by atoms with Gasteiger partial charge in [0.15, 0.2) is 0 Å². The maximum atomic E-state index is 14.5. The van der Waals surface area contributed by atoms with Crippen LogP contribution < -0.4 is 0 Å². The first kappa shape index (κ1) is 16.8. The van der Waals surface area contributed by atoms with E-state index in [0.29, 0.717) is 28.7 Å². The fraction of sp³-hybridized carbons (Fsp3) is 0.200. The Hall–Kier alpha value is -2.66. The number of ether oxygens (including phenoxy) is 1. The molecule has 2 aromatic carbocycles. The molecule has 2 aromatic rings. The summed E-state index contributed by atoms with van der Waals surface area (Å²) in [4.78, 5) is 11.1. The molecular formula is C20H17ClFN3O. The summed E-state index contributed by atoms with van der Waals surface area (Å²) in [6, 6.07) is 12.2. The second-order valence-corrected chi connectivity index (χ2v) is 6.64. The molecule has 4 nitrogen and oxygen atoms in total. The van der Waals surface area contributed by atoms with Crippen molar-refractivity contribution in [2.24, 2.45) is 9.98 Å². The molecule has 1 atom stereocenters. The van der Waals surface area contributed by atoms with E-state index in [1.807, 2.05) is 30.1 Å². The SMILES string of the molecule is COC1=C2c3ccc(Cl)cc3C(c3ccccc3F)=NCC2N(C)C=N1. The zero-order chi connectivity index (χ0) is 18.3. The van der Waals surface area contributed by atoms with Crippen LogP contribution in [0.2, 0.25) is 5.02 Å². The Bertz CT molecular complexity index is 967. The monoisotopic (exact) mass is 369 g/mol. The molecule has 0 bridgehead atoms. The summed E-state index contributed by atoms with van der Waals surface area (Å²) >= 11 is 6.26. The minimum Gasteiger partial charge on any atom is -0.481 e. The van der Waals surface area contributed by atoms with E-state index in [-0.39, 0.29) is 11.9 Å². The van der Waals surface area contributed by atoms with Crippen molar-refractivity contribution in [3.05, 3.63) is 75.9 Å². The van der Waals surface area contributed by atoms with E-state index in [0.717, 1.165) is 16.7 Å². The summed E-state index contributed by atoms with van der Waals surface area (Å²) in [5.74, 6) is 0.231. The maximum absolute atomic E-state index is 14.5. The molecule has 2 heterocycles. The van der Waals surface area contributed by atoms with Crippen LogP contribution in [0.3, 0.4) is 0 Å². The predicted octanol–water partition coefficient (Wildman–Crippen LogP) is 3.99. The van der Waals surface area contributed by atoms with Crippen LogP contribution in [0.4, 0.5) is 4.39 Å². The molecule has 0 radical (unpaired) electrons. The van der Waals surface area contributed by atoms with E-state index in [2.05, 4.69) is 4.99 Å². The predicted molar refractivity (Wildman–Crippen MR) is 102 cm³/mol. The zero-order valence-electron chi connectivity index (χ0n) is 14.4. The van der Waals surface area contributed by atoms with Gasteiger partial charge in [-0.3, -0.25) is 4.99 Å². The molecule has 132 valence electrons. The van der Waals surface area contributed by atoms with Crippen LogP contribution in [0.1, 0.15) is 16.7 Å². The average molecular weight is 370 g/mol. The largest absolute Gasteiger partial charge is 0.481 e. The Morgan fingerprint density at radius 3 is 2.73 bits per heavy atom. The molecule has 2 aliphatic rings. The second kappa shape index (κ2) is 6.57. The lowest BCUT2D eigenvalue weighted by molar-refractivity contribution is 0.279. The lowest BCUT2D eigenvalue weighted by atomic mass is 9.90. The molecule has 4 rings (SSSR count). The number of methoxy groups -OCH3 is 1. The number of aliphatic imine (C=N–C) groups is 2. The number of halogens is 2. The van der Waals surface area contributed by atoms with Crippen LogP contribution in [0.15, 0.2) is 58.3 Å². The Balaban J connectivity index is 2.01. The van der Waals surface area contributed by atoms with Gasteiger partial charge in [0.2, 0.25) is 5.88 Å². The van der Waals surface area contributed by atoms with Crippen molar-refractivity contribution in [2.75, 3.05) is 20.7 Å². The van der Waals surface area contributed by atoms with E-state index in [1.54, 1.807) is 31.6 Å². The number of fused-ring (bicyclic) bond motifs is 3. The number of nitrogens with zero attached hydrogens (tertiary/aromatic N) is 3. The number of rotatable bonds is 2. The maximum Gasteiger partial charge on any atom is 0.220 e. The molecular weight excluding hydrogens is 353 g/mol. The topological polar surface area (TPSA) is 37.2 Å². The molecule has 2 aliphatic heterocycles. The van der Waals surface area contributed by atoms with Crippen LogP contribution in [0, 0.1) is 5.82 Å². The smallest absolute Gasteiger partial charge is 0.220 e. The molecule has 1 unspecified atom stereocenters. The van der Waals surface area contributed by atoms with Crippen LogP contribution in [0.5, 0.6) is 0 Å². The van der Waals surface area contributed by atoms with Crippen molar-refractivity contribution in [1.29, 1.82) is 0 Å². The number of hydrogen-bond acceptors (Lipinski definition) is 4. The highest BCUT2D eigenvalue weighted by atomic mass is 35.5. The second-order valence-electron chi connectivity index (χ2n) is 6.21. The highest BCUT2D eigenvalue weighted by Gasteiger charge is 2.32. The molecule has 0 amide bonds. The van der Waals surface area contributed by atoms with Crippen molar-refractivity contribution in [1.82, 2.24) is 4.90 Å². The summed E-state index contributed by atoms with van der Waals surface area (Å²) in [7, 11) is 3.54. The van der Waals surface area contributed by atoms with Crippen molar-refractivity contribution in [3.8, 4) is 0 Å². The molecule has 0 saturated heterocycles. The van der Waals surface area contributed by atoms with Gasteiger partial charge in [0, 0.05) is 28.8 Å². The number of likely N-dealkylation sites (N-methyl/N-ethyl adjacent to an activating group) is 1. The van der Waals surface area contributed by atoms with Crippen LogP contribution >= 0.6 is 11.6 Å². The minimum atomic E-state index is -0.312. The zero-order valence-corrected chi connectivity index (χ0v) is 15.2. The standard InChI is InChI=1S/C20H17ClFN3O/c1-25-11-24-20(26-2)18-13-8-7-12(21)9-15(13)19(23-10-17(18)25)14-5-3-4-6-16(14)22/h3-9,11,17H,10H2,1-2H3. The van der Waals surface area contributed by atoms with Gasteiger partial charge in [0.05, 0.1) is 31.7 Å². The van der Waals surface area contributed by atoms with Gasteiger partial charge in [-0.05, 0) is 29.8 Å². The van der Waals surface area contributed by atoms with Crippen molar-refractivity contribution >= 4 is 29.2 Å². The number of benzene rings is 2. The Labute approximate surface area is 156 Å². The molecule has 0 fully saturated rings. The molecule has 0 spiro atoms. The van der Waals surface area contributed by atoms with Gasteiger partial charge < -0.3 is 9.64 Å². The third-order valence-corrected chi connectivity index (χ3v) is 4.92. The summed E-state index contributed by atoms with van der Waals surface area (Å²) < 4.78 is 20.0. The molecule has 0 aromatic heterocycles. The summed E-state index contributed by atoms with van der Waals surface area (Å²) in [6.45, 7) is 0.459. The van der Waals surface area contributed by atoms with Crippen LogP contribution in [-0.2, 0) is 4.74 Å². The van der Waals surface area contributed by atoms with E-state index in [4.69, 9.17) is 21.3 Å². The lowest BCUT2D eigenvalue weighted by Crippen LogP contribution is -2.37. The van der Waals surface area contributed by atoms with Gasteiger partial charge in [-0.15, -0.1) is 0 Å². The van der Waals surface area contributed by atoms with E-state index < -0.39 is 0 Å². The fourth-order valence-corrected chi connectivity index (χ4v) is 3.58. The lowest BCUT2D eigenvalue weighted by Gasteiger charge is -2.30. The first-order chi connectivity index (χ1) is 12.6. The first-order valence-electron chi connectivity index (χ1n) is 8.24. The molecule has 0 saturated carbocycles. The van der Waals surface area contributed by atoms with E-state index in [1.165, 1.54) is 6.07 Å². The normalized spacial score (nSPS) is 18.8. The summed E-state index contributed by atoms with van der Waals surface area (Å²) in [6.07, 6.45) is 1.73. The Morgan fingerprint density at radius 1 is 1.15 bits per heavy atom. The van der Waals surface area contributed by atoms with Gasteiger partial charge in [-0.25, -0.2) is 9.38 Å². The minimum absolute atomic E-state index is 0.0494. The van der Waals surface area contributed by atoms with Crippen LogP contribution in [-0.4, -0.2) is 43.7 Å². The highest BCUT2D eigenvalue weighted by Crippen LogP contribution is 2.36. The Morgan fingerprint density at radius 2 is 1.96 bits per heavy atom. The first-order valence-corrected chi connectivity index (χ1v) is 8.62. The van der Waals surface area contributed by atoms with Gasteiger partial charge in [-0.2, -0.15) is 0 Å². The molecule has 6 heteroatoms. The van der Waals surface area contributed by atoms with E-state index in [9.17, 15) is 4.39 Å². The van der Waals surface area contributed by atoms with Crippen LogP contribution in [0.25, 0.3) is 5.57 Å². The number of hydrogen-bond donors (Lipinski definition) is 0. The van der Waals surface area contributed by atoms with E-state index >= 15 is 0 Å². The third-order valence-electron chi connectivity index (χ3n) is 4.68. The van der Waals surface area contributed by atoms with Gasteiger partial charge >= 0.3 is 0 Å². The van der Waals surface area contributed by atoms with Gasteiger partial charge in [0.1, 0.15) is 5.82 Å². The summed E-state index contributed by atoms with van der Waals surface area (Å²) in [5.41, 5.74) is 3.66. The molecule has 0 N–H and O–H groups in total. The van der Waals surface area contributed by atoms with Crippen molar-refractivity contribution in [3.63, 3.8) is 0 Å². The third kappa shape index (κ3) is 2.69. The summed E-state index contributed by atoms with van der Waals surface area (Å²) in [5, 5.41) is 0.568. The highest BCUT2D eigenvalue weighted by molar-refractivity contribution is 6.31. The molecule has 0 aliphatic carbocycles. The quantitative estimate of drug-likeness (QED) is 0.802. The Kier molecular flexibility index (Phi) is 4.24. The fourth-order valence-electron chi connectivity index (χ4n) is 3.41. The average Bonchev–Trinajstić information content (AvgIpc) is 2.80. The van der Waals surface area contributed by atoms with Gasteiger partial charge in [-0.1, -0.05) is 29.8 Å². The van der Waals surface area contributed by atoms with Crippen molar-refractivity contribution in [2.45, 2.75) is 6.04 Å². The van der Waals surface area contributed by atoms with Crippen molar-refractivity contribution < 1.29 is 9.13 Å². The van der Waals surface area contributed by atoms with Gasteiger partial charge in [0.25, 0.3) is 0 Å². The molecule has 26 heavy (non-hydrogen) atoms.